The summed E-state index contributed by atoms with van der Waals surface area (Å²) in [4.78, 5) is 0. The van der Waals surface area contributed by atoms with Crippen LogP contribution >= 0.6 is 35.2 Å². The molecular formula is C67H74Cl2N2O4P2Ru+2. The second kappa shape index (κ2) is 26.0. The molecule has 2 atom stereocenters. The first-order valence-corrected chi connectivity index (χ1v) is 34.0. The first kappa shape index (κ1) is 59.1. The first-order chi connectivity index (χ1) is 37.5. The molecule has 0 bridgehead atoms. The van der Waals surface area contributed by atoms with Crippen LogP contribution in [0, 0.1) is 55.4 Å². The van der Waals surface area contributed by atoms with Gasteiger partial charge in [-0.15, -0.1) is 12.1 Å². The van der Waals surface area contributed by atoms with Gasteiger partial charge in [-0.3, -0.25) is 0 Å². The van der Waals surface area contributed by atoms with Crippen molar-refractivity contribution in [1.29, 1.82) is 0 Å². The molecule has 10 rings (SSSR count). The Hall–Kier alpha value is -5.06. The molecule has 8 aromatic rings. The minimum absolute atomic E-state index is 0.0933. The zero-order valence-corrected chi connectivity index (χ0v) is 52.3. The molecule has 6 nitrogen and oxygen atoms in total. The molecule has 0 amide bonds. The predicted octanol–water partition coefficient (Wildman–Crippen LogP) is 15.3. The number of benzene rings is 8. The SMILES string of the molecule is COc1c(C)cc([PH+](c2cc(C)c(OC)c(C)c2)c2cccc3c2C2(CC3)CCc3cccc([PH+](c4cc(C)c(OC)c(C)c4)c4cc(C)c(OC)c(C)c4)c32)cc1C.[Cl][Ru+2][Cl].[NH-][C@H](c1ccccc1)[C@H]([NH-])c1ccccc1. The standard InChI is InChI=1S/C53H58O4P2.C14H14N2.2ClH.Ru/c1-31-23-41(24-32(2)49(31)54-9)58(42-25-33(3)50(55-10)34(4)26-42)45-17-13-15-39-19-21-53(47(39)45)22-20-40-16-14-18-46(48(40)53)59(43-27-35(5)51(56-11)36(6)28-43)44-29-37(7)52(57-12)38(8)30-44;15-13(11-7-3-1-4-8-11)14(16)12-9-5-2-6-10-12;;;/h13-18,23-30H,19-22H2,1-12H3;1-10,13-16H;2*1H;/q;-2;;;+4/t;13-,14-;;;/m.1.../s1. The van der Waals surface area contributed by atoms with Gasteiger partial charge in [0.15, 0.2) is 0 Å². The fourth-order valence-electron chi connectivity index (χ4n) is 12.9. The van der Waals surface area contributed by atoms with E-state index in [1.807, 2.05) is 60.7 Å². The smallest absolute Gasteiger partial charge is 0.0606 e. The zero-order valence-electron chi connectivity index (χ0n) is 47.1. The molecule has 0 heterocycles. The maximum atomic E-state index is 8.07. The van der Waals surface area contributed by atoms with E-state index in [0.717, 1.165) is 59.8 Å². The minimum atomic E-state index is -1.51. The third kappa shape index (κ3) is 11.9. The van der Waals surface area contributed by atoms with Crippen molar-refractivity contribution < 1.29 is 34.1 Å². The number of halogens is 2. The van der Waals surface area contributed by atoms with Gasteiger partial charge in [0.2, 0.25) is 0 Å². The molecule has 8 aromatic carbocycles. The number of ether oxygens (including phenoxy) is 4. The van der Waals surface area contributed by atoms with Crippen LogP contribution in [0.3, 0.4) is 0 Å². The molecule has 11 heteroatoms. The van der Waals surface area contributed by atoms with Crippen molar-refractivity contribution in [3.05, 3.63) is 235 Å². The number of rotatable bonds is 13. The number of methoxy groups -OCH3 is 4. The van der Waals surface area contributed by atoms with E-state index in [-0.39, 0.29) is 20.6 Å². The van der Waals surface area contributed by atoms with Crippen LogP contribution in [-0.4, -0.2) is 28.4 Å². The van der Waals surface area contributed by atoms with Gasteiger partial charge >= 0.3 is 34.5 Å². The van der Waals surface area contributed by atoms with Gasteiger partial charge in [0.05, 0.1) is 44.3 Å². The Kier molecular flexibility index (Phi) is 19.7. The number of hydrogen-bond donors (Lipinski definition) is 0. The molecule has 0 radical (unpaired) electrons. The van der Waals surface area contributed by atoms with Gasteiger partial charge in [0.25, 0.3) is 0 Å². The van der Waals surface area contributed by atoms with E-state index in [0.29, 0.717) is 0 Å². The summed E-state index contributed by atoms with van der Waals surface area (Å²) in [6, 6.07) is 51.9. The second-order valence-corrected chi connectivity index (χ2v) is 28.4. The number of nitrogens with one attached hydrogen (secondary N) is 2. The van der Waals surface area contributed by atoms with E-state index >= 15 is 0 Å². The summed E-state index contributed by atoms with van der Waals surface area (Å²) in [6.07, 6.45) is 4.40. The average molecular weight is 1210 g/mol. The van der Waals surface area contributed by atoms with Gasteiger partial charge in [-0.1, -0.05) is 96.1 Å². The third-order valence-electron chi connectivity index (χ3n) is 15.9. The normalized spacial score (nSPS) is 13.7. The molecule has 406 valence electrons. The second-order valence-electron chi connectivity index (χ2n) is 20.9. The van der Waals surface area contributed by atoms with Gasteiger partial charge in [-0.05, 0) is 197 Å². The molecule has 78 heavy (non-hydrogen) atoms. The van der Waals surface area contributed by atoms with E-state index in [1.165, 1.54) is 87.5 Å². The number of hydrogen-bond acceptors (Lipinski definition) is 4. The van der Waals surface area contributed by atoms with Crippen LogP contribution in [0.25, 0.3) is 11.5 Å². The van der Waals surface area contributed by atoms with Crippen LogP contribution in [0.1, 0.15) is 103 Å². The topological polar surface area (TPSA) is 84.5 Å². The Bertz CT molecular complexity index is 2980. The van der Waals surface area contributed by atoms with Crippen molar-refractivity contribution in [2.24, 2.45) is 0 Å². The first-order valence-electron chi connectivity index (χ1n) is 26.5. The minimum Gasteiger partial charge on any atom is -0.672 e. The number of aryl methyl sites for hydroxylation is 10. The summed E-state index contributed by atoms with van der Waals surface area (Å²) < 4.78 is 23.7. The van der Waals surface area contributed by atoms with E-state index < -0.39 is 27.9 Å². The van der Waals surface area contributed by atoms with Gasteiger partial charge in [-0.25, -0.2) is 0 Å². The van der Waals surface area contributed by atoms with Crippen LogP contribution in [0.15, 0.2) is 146 Å². The summed E-state index contributed by atoms with van der Waals surface area (Å²) in [5, 5.41) is 8.62. The Morgan fingerprint density at radius 2 is 0.667 bits per heavy atom. The third-order valence-corrected chi connectivity index (χ3v) is 21.3. The Morgan fingerprint density at radius 3 is 0.910 bits per heavy atom. The quantitative estimate of drug-likeness (QED) is 0.0850. The fourth-order valence-corrected chi connectivity index (χ4v) is 19.6. The number of fused-ring (bicyclic) bond motifs is 4. The maximum Gasteiger partial charge on any atom is -0.0606 e. The van der Waals surface area contributed by atoms with Crippen molar-refractivity contribution in [1.82, 2.24) is 0 Å². The van der Waals surface area contributed by atoms with Crippen LogP contribution in [0.5, 0.6) is 23.0 Å². The summed E-state index contributed by atoms with van der Waals surface area (Å²) in [7, 11) is 13.9. The molecule has 0 aliphatic heterocycles. The molecule has 0 fully saturated rings. The van der Waals surface area contributed by atoms with E-state index in [9.17, 15) is 0 Å². The van der Waals surface area contributed by atoms with Gasteiger partial charge < -0.3 is 30.4 Å². The molecule has 0 aromatic heterocycles. The summed E-state index contributed by atoms with van der Waals surface area (Å²) >= 11 is -0.346. The van der Waals surface area contributed by atoms with E-state index in [1.54, 1.807) is 39.6 Å². The molecule has 1 spiro atoms. The van der Waals surface area contributed by atoms with Crippen LogP contribution in [0.2, 0.25) is 0 Å². The van der Waals surface area contributed by atoms with Gasteiger partial charge in [0.1, 0.15) is 54.8 Å². The van der Waals surface area contributed by atoms with Crippen LogP contribution in [0.4, 0.5) is 0 Å². The van der Waals surface area contributed by atoms with Crippen molar-refractivity contribution in [2.45, 2.75) is 98.6 Å². The molecule has 0 unspecified atom stereocenters. The Morgan fingerprint density at radius 1 is 0.410 bits per heavy atom. The fraction of sp³-hybridized carbons (Fsp3) is 0.284. The molecule has 2 N–H and O–H groups in total. The monoisotopic (exact) mass is 1200 g/mol. The summed E-state index contributed by atoms with van der Waals surface area (Å²) in [5.74, 6) is 3.90. The van der Waals surface area contributed by atoms with E-state index in [4.69, 9.17) is 49.8 Å². The predicted molar refractivity (Wildman–Crippen MR) is 333 cm³/mol. The largest absolute Gasteiger partial charge is 0.672 e. The van der Waals surface area contributed by atoms with Gasteiger partial charge in [-0.2, -0.15) is 0 Å². The van der Waals surface area contributed by atoms with Crippen LogP contribution < -0.4 is 50.8 Å². The summed E-state index contributed by atoms with van der Waals surface area (Å²) in [5.41, 5.74) is 33.5. The van der Waals surface area contributed by atoms with Crippen LogP contribution in [-0.2, 0) is 33.4 Å². The zero-order chi connectivity index (χ0) is 56.0. The molecule has 2 aliphatic carbocycles. The van der Waals surface area contributed by atoms with Crippen molar-refractivity contribution in [3.63, 3.8) is 0 Å². The van der Waals surface area contributed by atoms with Crippen molar-refractivity contribution in [2.75, 3.05) is 28.4 Å². The molecule has 0 saturated carbocycles. The Balaban J connectivity index is 0.000000356. The maximum absolute atomic E-state index is 8.07. The van der Waals surface area contributed by atoms with Crippen molar-refractivity contribution >= 4 is 67.1 Å². The van der Waals surface area contributed by atoms with Gasteiger partial charge in [0, 0.05) is 16.5 Å². The summed E-state index contributed by atoms with van der Waals surface area (Å²) in [6.45, 7) is 17.6. The molecular weight excluding hydrogens is 1130 g/mol. The molecule has 2 aliphatic rings. The molecule has 0 saturated heterocycles. The Labute approximate surface area is 482 Å². The average Bonchev–Trinajstić information content (AvgIpc) is 4.00. The van der Waals surface area contributed by atoms with Crippen molar-refractivity contribution in [3.8, 4) is 23.0 Å². The van der Waals surface area contributed by atoms with E-state index in [2.05, 4.69) is 140 Å².